The van der Waals surface area contributed by atoms with E-state index in [9.17, 15) is 14.9 Å². The molecule has 0 heterocycles. The van der Waals surface area contributed by atoms with Gasteiger partial charge in [-0.25, -0.2) is 0 Å². The van der Waals surface area contributed by atoms with Crippen molar-refractivity contribution in [1.82, 2.24) is 10.6 Å². The minimum atomic E-state index is -0.473. The normalized spacial score (nSPS) is 11.9. The summed E-state index contributed by atoms with van der Waals surface area (Å²) in [6, 6.07) is 6.09. The average molecular weight is 307 g/mol. The van der Waals surface area contributed by atoms with Crippen LogP contribution in [-0.4, -0.2) is 22.0 Å². The van der Waals surface area contributed by atoms with Crippen molar-refractivity contribution in [2.75, 3.05) is 0 Å². The highest BCUT2D eigenvalue weighted by Crippen LogP contribution is 2.12. The summed E-state index contributed by atoms with van der Waals surface area (Å²) in [4.78, 5) is 21.7. The van der Waals surface area contributed by atoms with E-state index in [-0.39, 0.29) is 22.7 Å². The van der Waals surface area contributed by atoms with E-state index in [1.54, 1.807) is 18.2 Å². The SMILES string of the molecule is CCC(C)NC(=S)NC(=O)/C=C/c1ccc([N+](=O)[O-])cc1. The lowest BCUT2D eigenvalue weighted by atomic mass is 10.2. The highest BCUT2D eigenvalue weighted by molar-refractivity contribution is 7.80. The Balaban J connectivity index is 2.54. The number of non-ortho nitro benzene ring substituents is 1. The Bertz CT molecular complexity index is 555. The minimum absolute atomic E-state index is 0.00975. The summed E-state index contributed by atoms with van der Waals surface area (Å²) in [7, 11) is 0. The molecule has 0 aliphatic heterocycles. The molecule has 1 aromatic carbocycles. The predicted octanol–water partition coefficient (Wildman–Crippen LogP) is 2.40. The molecule has 0 aromatic heterocycles. The first-order chi connectivity index (χ1) is 9.92. The zero-order chi connectivity index (χ0) is 15.8. The smallest absolute Gasteiger partial charge is 0.269 e. The van der Waals surface area contributed by atoms with Gasteiger partial charge in [0.25, 0.3) is 5.69 Å². The van der Waals surface area contributed by atoms with Gasteiger partial charge in [0.15, 0.2) is 5.11 Å². The number of rotatable bonds is 5. The quantitative estimate of drug-likeness (QED) is 0.378. The highest BCUT2D eigenvalue weighted by Gasteiger charge is 2.05. The molecule has 1 atom stereocenters. The zero-order valence-electron chi connectivity index (χ0n) is 11.8. The molecule has 1 rings (SSSR count). The van der Waals surface area contributed by atoms with Crippen molar-refractivity contribution in [3.63, 3.8) is 0 Å². The third-order valence-electron chi connectivity index (χ3n) is 2.76. The van der Waals surface area contributed by atoms with E-state index < -0.39 is 4.92 Å². The Morgan fingerprint density at radius 1 is 1.43 bits per heavy atom. The molecule has 21 heavy (non-hydrogen) atoms. The monoisotopic (exact) mass is 307 g/mol. The van der Waals surface area contributed by atoms with Crippen LogP contribution in [0.1, 0.15) is 25.8 Å². The number of nitrogens with zero attached hydrogens (tertiary/aromatic N) is 1. The van der Waals surface area contributed by atoms with Gasteiger partial charge >= 0.3 is 0 Å². The Kier molecular flexibility index (Phi) is 6.48. The van der Waals surface area contributed by atoms with E-state index in [1.807, 2.05) is 13.8 Å². The predicted molar refractivity (Wildman–Crippen MR) is 85.8 cm³/mol. The summed E-state index contributed by atoms with van der Waals surface area (Å²) in [5, 5.41) is 16.3. The molecule has 0 bridgehead atoms. The molecule has 0 spiro atoms. The van der Waals surface area contributed by atoms with Crippen molar-refractivity contribution in [2.45, 2.75) is 26.3 Å². The van der Waals surface area contributed by atoms with Gasteiger partial charge in [-0.05, 0) is 49.3 Å². The fourth-order valence-corrected chi connectivity index (χ4v) is 1.70. The molecule has 112 valence electrons. The van der Waals surface area contributed by atoms with Gasteiger partial charge in [0.05, 0.1) is 4.92 Å². The van der Waals surface area contributed by atoms with Gasteiger partial charge in [0.2, 0.25) is 5.91 Å². The van der Waals surface area contributed by atoms with E-state index in [0.717, 1.165) is 6.42 Å². The largest absolute Gasteiger partial charge is 0.360 e. The summed E-state index contributed by atoms with van der Waals surface area (Å²) in [5.74, 6) is -0.353. The molecule has 6 nitrogen and oxygen atoms in total. The molecular formula is C14H17N3O3S. The Hall–Kier alpha value is -2.28. The number of amides is 1. The van der Waals surface area contributed by atoms with E-state index >= 15 is 0 Å². The number of nitro benzene ring substituents is 1. The van der Waals surface area contributed by atoms with Crippen LogP contribution in [0, 0.1) is 10.1 Å². The van der Waals surface area contributed by atoms with Crippen LogP contribution in [0.5, 0.6) is 0 Å². The van der Waals surface area contributed by atoms with Crippen molar-refractivity contribution in [2.24, 2.45) is 0 Å². The second-order valence-electron chi connectivity index (χ2n) is 4.45. The topological polar surface area (TPSA) is 84.3 Å². The number of hydrogen-bond acceptors (Lipinski definition) is 4. The number of hydrogen-bond donors (Lipinski definition) is 2. The average Bonchev–Trinajstić information content (AvgIpc) is 2.45. The van der Waals surface area contributed by atoms with Gasteiger partial charge in [-0.3, -0.25) is 20.2 Å². The van der Waals surface area contributed by atoms with E-state index in [1.165, 1.54) is 18.2 Å². The summed E-state index contributed by atoms with van der Waals surface area (Å²) < 4.78 is 0. The third kappa shape index (κ3) is 6.13. The fourth-order valence-electron chi connectivity index (χ4n) is 1.39. The van der Waals surface area contributed by atoms with Crippen molar-refractivity contribution in [3.8, 4) is 0 Å². The molecular weight excluding hydrogens is 290 g/mol. The zero-order valence-corrected chi connectivity index (χ0v) is 12.6. The standard InChI is InChI=1S/C14H17N3O3S/c1-3-10(2)15-14(21)16-13(18)9-6-11-4-7-12(8-5-11)17(19)20/h4-10H,3H2,1-2H3,(H2,15,16,18,21)/b9-6+. The van der Waals surface area contributed by atoms with Gasteiger partial charge in [-0.15, -0.1) is 0 Å². The lowest BCUT2D eigenvalue weighted by molar-refractivity contribution is -0.384. The Morgan fingerprint density at radius 3 is 2.57 bits per heavy atom. The van der Waals surface area contributed by atoms with Gasteiger partial charge in [0.1, 0.15) is 0 Å². The molecule has 0 radical (unpaired) electrons. The number of carbonyl (C=O) groups is 1. The molecule has 1 amide bonds. The summed E-state index contributed by atoms with van der Waals surface area (Å²) in [6.07, 6.45) is 3.78. The van der Waals surface area contributed by atoms with Gasteiger partial charge in [0, 0.05) is 24.3 Å². The van der Waals surface area contributed by atoms with Crippen LogP contribution < -0.4 is 10.6 Å². The second kappa shape index (κ2) is 8.11. The van der Waals surface area contributed by atoms with Gasteiger partial charge < -0.3 is 5.32 Å². The van der Waals surface area contributed by atoms with Crippen molar-refractivity contribution >= 4 is 35.0 Å². The maximum absolute atomic E-state index is 11.6. The van der Waals surface area contributed by atoms with Crippen molar-refractivity contribution in [1.29, 1.82) is 0 Å². The molecule has 2 N–H and O–H groups in total. The van der Waals surface area contributed by atoms with Crippen molar-refractivity contribution in [3.05, 3.63) is 46.0 Å². The highest BCUT2D eigenvalue weighted by atomic mass is 32.1. The Morgan fingerprint density at radius 2 is 2.05 bits per heavy atom. The van der Waals surface area contributed by atoms with Crippen LogP contribution in [0.15, 0.2) is 30.3 Å². The number of nitro groups is 1. The number of thiocarbonyl (C=S) groups is 1. The van der Waals surface area contributed by atoms with Crippen LogP contribution in [0.3, 0.4) is 0 Å². The van der Waals surface area contributed by atoms with E-state index in [2.05, 4.69) is 10.6 Å². The molecule has 0 aliphatic rings. The first kappa shape index (κ1) is 16.8. The summed E-state index contributed by atoms with van der Waals surface area (Å²) in [5.41, 5.74) is 0.701. The maximum Gasteiger partial charge on any atom is 0.269 e. The molecule has 0 saturated carbocycles. The molecule has 1 aromatic rings. The molecule has 0 aliphatic carbocycles. The third-order valence-corrected chi connectivity index (χ3v) is 2.98. The second-order valence-corrected chi connectivity index (χ2v) is 4.86. The van der Waals surface area contributed by atoms with Crippen LogP contribution in [0.2, 0.25) is 0 Å². The number of carbonyl (C=O) groups excluding carboxylic acids is 1. The van der Waals surface area contributed by atoms with Crippen LogP contribution >= 0.6 is 12.2 Å². The first-order valence-electron chi connectivity index (χ1n) is 6.46. The fraction of sp³-hybridized carbons (Fsp3) is 0.286. The first-order valence-corrected chi connectivity index (χ1v) is 6.87. The van der Waals surface area contributed by atoms with Crippen LogP contribution in [0.4, 0.5) is 5.69 Å². The summed E-state index contributed by atoms with van der Waals surface area (Å²) in [6.45, 7) is 3.97. The van der Waals surface area contributed by atoms with Crippen LogP contribution in [-0.2, 0) is 4.79 Å². The van der Waals surface area contributed by atoms with E-state index in [0.29, 0.717) is 5.56 Å². The van der Waals surface area contributed by atoms with Gasteiger partial charge in [-0.1, -0.05) is 6.92 Å². The van der Waals surface area contributed by atoms with Crippen molar-refractivity contribution < 1.29 is 9.72 Å². The molecule has 0 saturated heterocycles. The van der Waals surface area contributed by atoms with Crippen LogP contribution in [0.25, 0.3) is 6.08 Å². The lowest BCUT2D eigenvalue weighted by Gasteiger charge is -2.13. The number of benzene rings is 1. The Labute approximate surface area is 128 Å². The minimum Gasteiger partial charge on any atom is -0.360 e. The number of nitrogens with one attached hydrogen (secondary N) is 2. The molecule has 0 fully saturated rings. The van der Waals surface area contributed by atoms with E-state index in [4.69, 9.17) is 12.2 Å². The maximum atomic E-state index is 11.6. The summed E-state index contributed by atoms with van der Waals surface area (Å²) >= 11 is 5.00. The molecule has 1 unspecified atom stereocenters. The molecule has 7 heteroatoms. The van der Waals surface area contributed by atoms with Gasteiger partial charge in [-0.2, -0.15) is 0 Å². The lowest BCUT2D eigenvalue weighted by Crippen LogP contribution is -2.42.